The van der Waals surface area contributed by atoms with E-state index in [9.17, 15) is 4.57 Å². The molecule has 0 bridgehead atoms. The highest BCUT2D eigenvalue weighted by atomic mass is 31.2. The number of hydrogen-bond acceptors (Lipinski definition) is 4. The van der Waals surface area contributed by atoms with Crippen molar-refractivity contribution in [1.82, 2.24) is 0 Å². The molecule has 0 fully saturated rings. The lowest BCUT2D eigenvalue weighted by Gasteiger charge is -2.20. The summed E-state index contributed by atoms with van der Waals surface area (Å²) in [6.07, 6.45) is 3.26. The largest absolute Gasteiger partial charge is 0.647 e. The maximum Gasteiger partial charge on any atom is 0.647 e. The minimum absolute atomic E-state index is 0.424. The zero-order chi connectivity index (χ0) is 22.4. The van der Waals surface area contributed by atoms with Gasteiger partial charge in [0.1, 0.15) is 17.2 Å². The van der Waals surface area contributed by atoms with E-state index in [-0.39, 0.29) is 0 Å². The average molecular weight is 446 g/mol. The van der Waals surface area contributed by atoms with Crippen LogP contribution >= 0.6 is 7.82 Å². The van der Waals surface area contributed by atoms with Gasteiger partial charge in [0.25, 0.3) is 0 Å². The minimum atomic E-state index is -4.05. The number of aryl methyl sites for hydroxylation is 2. The molecule has 0 saturated carbocycles. The van der Waals surface area contributed by atoms with Crippen LogP contribution in [0, 0.1) is 6.92 Å². The number of phosphoric acid groups is 1. The topological polar surface area (TPSA) is 44.8 Å². The molecule has 0 aliphatic heterocycles. The molecule has 164 valence electrons. The van der Waals surface area contributed by atoms with Gasteiger partial charge >= 0.3 is 7.82 Å². The van der Waals surface area contributed by atoms with Crippen molar-refractivity contribution in [3.63, 3.8) is 0 Å². The summed E-state index contributed by atoms with van der Waals surface area (Å²) in [5.74, 6) is 1.30. The first-order valence-corrected chi connectivity index (χ1v) is 12.3. The quantitative estimate of drug-likeness (QED) is 0.243. The van der Waals surface area contributed by atoms with E-state index in [1.807, 2.05) is 79.7 Å². The minimum Gasteiger partial charge on any atom is -0.386 e. The van der Waals surface area contributed by atoms with Crippen molar-refractivity contribution in [2.75, 3.05) is 0 Å². The lowest BCUT2D eigenvalue weighted by atomic mass is 10.1. The fourth-order valence-electron chi connectivity index (χ4n) is 3.48. The monoisotopic (exact) mass is 446 g/mol. The van der Waals surface area contributed by atoms with Crippen LogP contribution in [0.5, 0.6) is 17.2 Å². The van der Waals surface area contributed by atoms with Gasteiger partial charge in [-0.1, -0.05) is 74.0 Å². The number of hydrogen-bond donors (Lipinski definition) is 0. The summed E-state index contributed by atoms with van der Waals surface area (Å²) in [5.41, 5.74) is 2.20. The molecule has 0 N–H and O–H groups in total. The lowest BCUT2D eigenvalue weighted by molar-refractivity contribution is 0.299. The SMILES string of the molecule is CCCCc1ccc(OP(=O)(Oc2cccc(C)c2)Oc2cccc3ccccc23)cc1. The Labute approximate surface area is 189 Å². The molecule has 1 unspecified atom stereocenters. The average Bonchev–Trinajstić information content (AvgIpc) is 2.79. The molecule has 0 amide bonds. The van der Waals surface area contributed by atoms with Gasteiger partial charge in [-0.05, 0) is 66.6 Å². The Morgan fingerprint density at radius 1 is 0.750 bits per heavy atom. The van der Waals surface area contributed by atoms with Crippen molar-refractivity contribution in [3.05, 3.63) is 102 Å². The highest BCUT2D eigenvalue weighted by molar-refractivity contribution is 7.49. The van der Waals surface area contributed by atoms with E-state index in [1.54, 1.807) is 18.2 Å². The van der Waals surface area contributed by atoms with E-state index in [4.69, 9.17) is 13.6 Å². The fourth-order valence-corrected chi connectivity index (χ4v) is 4.74. The van der Waals surface area contributed by atoms with Gasteiger partial charge < -0.3 is 13.6 Å². The molecule has 4 aromatic carbocycles. The van der Waals surface area contributed by atoms with Crippen LogP contribution in [0.25, 0.3) is 10.8 Å². The van der Waals surface area contributed by atoms with Crippen LogP contribution in [-0.2, 0) is 11.0 Å². The molecular formula is C27H27O4P. The third-order valence-corrected chi connectivity index (χ3v) is 6.42. The van der Waals surface area contributed by atoms with Gasteiger partial charge in [0.05, 0.1) is 0 Å². The molecule has 0 radical (unpaired) electrons. The van der Waals surface area contributed by atoms with Crippen LogP contribution in [0.15, 0.2) is 91.0 Å². The van der Waals surface area contributed by atoms with E-state index in [2.05, 4.69) is 6.92 Å². The predicted octanol–water partition coefficient (Wildman–Crippen LogP) is 8.14. The normalized spacial score (nSPS) is 12.8. The van der Waals surface area contributed by atoms with Crippen molar-refractivity contribution >= 4 is 18.6 Å². The first-order valence-electron chi connectivity index (χ1n) is 10.9. The Hall–Kier alpha value is -3.23. The number of rotatable bonds is 9. The molecule has 4 aromatic rings. The van der Waals surface area contributed by atoms with Crippen LogP contribution in [0.4, 0.5) is 0 Å². The van der Waals surface area contributed by atoms with Crippen LogP contribution in [0.1, 0.15) is 30.9 Å². The summed E-state index contributed by atoms with van der Waals surface area (Å²) in [6.45, 7) is 4.11. The zero-order valence-corrected chi connectivity index (χ0v) is 19.3. The first-order chi connectivity index (χ1) is 15.5. The molecule has 0 aromatic heterocycles. The van der Waals surface area contributed by atoms with E-state index in [0.29, 0.717) is 17.2 Å². The smallest absolute Gasteiger partial charge is 0.386 e. The number of unbranched alkanes of at least 4 members (excludes halogenated alkanes) is 1. The molecule has 0 heterocycles. The standard InChI is InChI=1S/C27H27O4P/c1-3-4-10-22-16-18-24(19-17-22)29-32(28,30-25-13-7-9-21(2)20-25)31-27-15-8-12-23-11-5-6-14-26(23)27/h5-9,11-20H,3-4,10H2,1-2H3. The van der Waals surface area contributed by atoms with Gasteiger partial charge in [0, 0.05) is 5.39 Å². The Bertz CT molecular complexity index is 1230. The highest BCUT2D eigenvalue weighted by Gasteiger charge is 2.33. The van der Waals surface area contributed by atoms with Crippen LogP contribution in [-0.4, -0.2) is 0 Å². The molecule has 32 heavy (non-hydrogen) atoms. The Kier molecular flexibility index (Phi) is 6.82. The van der Waals surface area contributed by atoms with E-state index in [1.165, 1.54) is 5.56 Å². The van der Waals surface area contributed by atoms with Crippen molar-refractivity contribution < 1.29 is 18.1 Å². The van der Waals surface area contributed by atoms with Gasteiger partial charge in [-0.25, -0.2) is 0 Å². The van der Waals surface area contributed by atoms with Gasteiger partial charge in [-0.15, -0.1) is 0 Å². The molecule has 5 heteroatoms. The van der Waals surface area contributed by atoms with Gasteiger partial charge in [0.15, 0.2) is 0 Å². The molecule has 4 rings (SSSR count). The molecule has 0 aliphatic carbocycles. The van der Waals surface area contributed by atoms with Crippen LogP contribution in [0.2, 0.25) is 0 Å². The zero-order valence-electron chi connectivity index (χ0n) is 18.4. The highest BCUT2D eigenvalue weighted by Crippen LogP contribution is 2.51. The summed E-state index contributed by atoms with van der Waals surface area (Å²) in [4.78, 5) is 0. The molecular weight excluding hydrogens is 419 g/mol. The molecule has 0 saturated heterocycles. The van der Waals surface area contributed by atoms with Gasteiger partial charge in [-0.2, -0.15) is 4.57 Å². The Morgan fingerprint density at radius 3 is 2.25 bits per heavy atom. The second kappa shape index (κ2) is 9.93. The predicted molar refractivity (Wildman–Crippen MR) is 130 cm³/mol. The lowest BCUT2D eigenvalue weighted by Crippen LogP contribution is -2.08. The maximum atomic E-state index is 13.9. The van der Waals surface area contributed by atoms with E-state index >= 15 is 0 Å². The number of fused-ring (bicyclic) bond motifs is 1. The number of benzene rings is 4. The summed E-state index contributed by atoms with van der Waals surface area (Å²) in [7, 11) is -4.05. The van der Waals surface area contributed by atoms with Gasteiger partial charge in [-0.3, -0.25) is 0 Å². The van der Waals surface area contributed by atoms with Gasteiger partial charge in [0.2, 0.25) is 0 Å². The van der Waals surface area contributed by atoms with E-state index in [0.717, 1.165) is 35.6 Å². The third-order valence-electron chi connectivity index (χ3n) is 5.13. The second-order valence-corrected chi connectivity index (χ2v) is 9.20. The maximum absolute atomic E-state index is 13.9. The molecule has 0 spiro atoms. The van der Waals surface area contributed by atoms with Crippen molar-refractivity contribution in [1.29, 1.82) is 0 Å². The summed E-state index contributed by atoms with van der Waals surface area (Å²) >= 11 is 0. The fraction of sp³-hybridized carbons (Fsp3) is 0.185. The summed E-state index contributed by atoms with van der Waals surface area (Å²) < 4.78 is 31.6. The van der Waals surface area contributed by atoms with Crippen molar-refractivity contribution in [3.8, 4) is 17.2 Å². The Morgan fingerprint density at radius 2 is 1.47 bits per heavy atom. The van der Waals surface area contributed by atoms with Crippen LogP contribution in [0.3, 0.4) is 0 Å². The third kappa shape index (κ3) is 5.52. The molecule has 4 nitrogen and oxygen atoms in total. The first kappa shape index (κ1) is 22.0. The van der Waals surface area contributed by atoms with E-state index < -0.39 is 7.82 Å². The van der Waals surface area contributed by atoms with Crippen molar-refractivity contribution in [2.45, 2.75) is 33.1 Å². The summed E-state index contributed by atoms with van der Waals surface area (Å²) in [5, 5.41) is 1.81. The molecule has 0 aliphatic rings. The van der Waals surface area contributed by atoms with Crippen molar-refractivity contribution in [2.24, 2.45) is 0 Å². The number of phosphoric ester groups is 1. The summed E-state index contributed by atoms with van der Waals surface area (Å²) in [6, 6.07) is 28.3. The Balaban J connectivity index is 1.65. The molecule has 1 atom stereocenters. The van der Waals surface area contributed by atoms with Crippen LogP contribution < -0.4 is 13.6 Å². The second-order valence-electron chi connectivity index (χ2n) is 7.76.